The first-order valence-corrected chi connectivity index (χ1v) is 13.9. The van der Waals surface area contributed by atoms with Crippen LogP contribution in [0, 0.1) is 0 Å². The second-order valence-electron chi connectivity index (χ2n) is 9.39. The molecule has 0 radical (unpaired) electrons. The number of nitrogens with one attached hydrogen (secondary N) is 1. The molecule has 1 aliphatic heterocycles. The number of carbonyl (C=O) groups excluding carboxylic acids is 2. The first-order chi connectivity index (χ1) is 17.9. The van der Waals surface area contributed by atoms with E-state index in [1.54, 1.807) is 26.0 Å². The van der Waals surface area contributed by atoms with E-state index >= 15 is 0 Å². The summed E-state index contributed by atoms with van der Waals surface area (Å²) in [6.07, 6.45) is 4.78. The average Bonchev–Trinajstić information content (AvgIpc) is 2.91. The molecule has 1 N–H and O–H groups in total. The van der Waals surface area contributed by atoms with Crippen LogP contribution in [0.4, 0.5) is 0 Å². The van der Waals surface area contributed by atoms with Gasteiger partial charge in [0.2, 0.25) is 0 Å². The van der Waals surface area contributed by atoms with Crippen molar-refractivity contribution in [1.29, 1.82) is 0 Å². The summed E-state index contributed by atoms with van der Waals surface area (Å²) in [7, 11) is 3.22. The van der Waals surface area contributed by atoms with Crippen molar-refractivity contribution in [3.05, 3.63) is 76.1 Å². The van der Waals surface area contributed by atoms with Gasteiger partial charge in [-0.25, -0.2) is 4.79 Å². The fourth-order valence-corrected chi connectivity index (χ4v) is 5.58. The van der Waals surface area contributed by atoms with Gasteiger partial charge in [-0.3, -0.25) is 4.79 Å². The zero-order valence-electron chi connectivity index (χ0n) is 22.2. The van der Waals surface area contributed by atoms with E-state index in [-0.39, 0.29) is 17.7 Å². The van der Waals surface area contributed by atoms with E-state index in [4.69, 9.17) is 14.2 Å². The SMILES string of the molecule is CCCCOC(=O)C1=C(C)NC2=C(C(=O)C[C@@H](c3ccc(OC)c(OC)c3)C2)[C@H]1c1ccc(SC)cc1. The molecule has 2 aliphatic rings. The van der Waals surface area contributed by atoms with Crippen LogP contribution in [0.5, 0.6) is 11.5 Å². The van der Waals surface area contributed by atoms with Crippen molar-refractivity contribution in [3.63, 3.8) is 0 Å². The van der Waals surface area contributed by atoms with Crippen molar-refractivity contribution < 1.29 is 23.8 Å². The highest BCUT2D eigenvalue weighted by atomic mass is 32.2. The molecule has 0 amide bonds. The Morgan fingerprint density at radius 3 is 2.38 bits per heavy atom. The number of unbranched alkanes of at least 4 members (excludes halogenated alkanes) is 1. The lowest BCUT2D eigenvalue weighted by molar-refractivity contribution is -0.139. The fourth-order valence-electron chi connectivity index (χ4n) is 5.17. The number of ketones is 1. The molecule has 1 heterocycles. The summed E-state index contributed by atoms with van der Waals surface area (Å²) in [6.45, 7) is 4.32. The largest absolute Gasteiger partial charge is 0.493 e. The monoisotopic (exact) mass is 521 g/mol. The van der Waals surface area contributed by atoms with Crippen molar-refractivity contribution in [2.75, 3.05) is 27.1 Å². The fraction of sp³-hybridized carbons (Fsp3) is 0.400. The maximum atomic E-state index is 13.8. The lowest BCUT2D eigenvalue weighted by Crippen LogP contribution is -2.36. The Hall–Kier alpha value is -3.19. The van der Waals surface area contributed by atoms with Crippen molar-refractivity contribution in [2.45, 2.75) is 56.3 Å². The molecule has 2 atom stereocenters. The molecule has 0 bridgehead atoms. The number of esters is 1. The van der Waals surface area contributed by atoms with E-state index in [2.05, 4.69) is 12.2 Å². The highest BCUT2D eigenvalue weighted by Crippen LogP contribution is 2.46. The molecule has 0 fully saturated rings. The minimum Gasteiger partial charge on any atom is -0.493 e. The highest BCUT2D eigenvalue weighted by Gasteiger charge is 2.41. The number of carbonyl (C=O) groups is 2. The van der Waals surface area contributed by atoms with Gasteiger partial charge in [-0.2, -0.15) is 0 Å². The van der Waals surface area contributed by atoms with Gasteiger partial charge in [0.15, 0.2) is 17.3 Å². The number of rotatable bonds is 9. The number of ether oxygens (including phenoxy) is 3. The zero-order chi connectivity index (χ0) is 26.5. The second kappa shape index (κ2) is 11.9. The van der Waals surface area contributed by atoms with Gasteiger partial charge in [0.25, 0.3) is 0 Å². The molecule has 196 valence electrons. The maximum Gasteiger partial charge on any atom is 0.336 e. The van der Waals surface area contributed by atoms with E-state index in [1.165, 1.54) is 0 Å². The third kappa shape index (κ3) is 5.57. The summed E-state index contributed by atoms with van der Waals surface area (Å²) >= 11 is 1.66. The first-order valence-electron chi connectivity index (χ1n) is 12.7. The first kappa shape index (κ1) is 26.9. The maximum absolute atomic E-state index is 13.8. The molecule has 1 aliphatic carbocycles. The number of thioether (sulfide) groups is 1. The molecule has 0 saturated heterocycles. The third-order valence-electron chi connectivity index (χ3n) is 7.11. The molecular formula is C30H35NO5S. The van der Waals surface area contributed by atoms with Gasteiger partial charge < -0.3 is 19.5 Å². The van der Waals surface area contributed by atoms with Gasteiger partial charge >= 0.3 is 5.97 Å². The van der Waals surface area contributed by atoms with Crippen LogP contribution < -0.4 is 14.8 Å². The molecule has 2 aromatic rings. The number of allylic oxidation sites excluding steroid dienone is 3. The number of hydrogen-bond donors (Lipinski definition) is 1. The van der Waals surface area contributed by atoms with Crippen molar-refractivity contribution in [2.24, 2.45) is 0 Å². The summed E-state index contributed by atoms with van der Waals surface area (Å²) in [4.78, 5) is 28.2. The van der Waals surface area contributed by atoms with Gasteiger partial charge in [-0.15, -0.1) is 11.8 Å². The average molecular weight is 522 g/mol. The lowest BCUT2D eigenvalue weighted by Gasteiger charge is -2.36. The number of dihydropyridines is 1. The summed E-state index contributed by atoms with van der Waals surface area (Å²) in [5.41, 5.74) is 4.74. The van der Waals surface area contributed by atoms with Crippen molar-refractivity contribution >= 4 is 23.5 Å². The van der Waals surface area contributed by atoms with Gasteiger partial charge in [0.05, 0.1) is 26.4 Å². The van der Waals surface area contributed by atoms with Crippen molar-refractivity contribution in [1.82, 2.24) is 5.32 Å². The summed E-state index contributed by atoms with van der Waals surface area (Å²) in [6, 6.07) is 13.9. The molecule has 4 rings (SSSR count). The molecule has 0 saturated carbocycles. The van der Waals surface area contributed by atoms with E-state index in [0.717, 1.165) is 40.3 Å². The van der Waals surface area contributed by atoms with E-state index in [0.29, 0.717) is 42.1 Å². The zero-order valence-corrected chi connectivity index (χ0v) is 23.0. The quantitative estimate of drug-likeness (QED) is 0.242. The molecule has 0 unspecified atom stereocenters. The Morgan fingerprint density at radius 1 is 1.03 bits per heavy atom. The molecule has 37 heavy (non-hydrogen) atoms. The number of benzene rings is 2. The number of hydrogen-bond acceptors (Lipinski definition) is 7. The van der Waals surface area contributed by atoms with Crippen LogP contribution in [0.2, 0.25) is 0 Å². The van der Waals surface area contributed by atoms with E-state index < -0.39 is 5.92 Å². The van der Waals surface area contributed by atoms with Crippen LogP contribution in [0.25, 0.3) is 0 Å². The Labute approximate surface area is 223 Å². The van der Waals surface area contributed by atoms with Crippen LogP contribution in [0.15, 0.2) is 69.9 Å². The standard InChI is InChI=1S/C30H35NO5S/c1-6-7-14-36-30(33)27-18(2)31-23-15-21(20-10-13-25(34-3)26(17-20)35-4)16-24(32)29(23)28(27)19-8-11-22(37-5)12-9-19/h8-13,17,21,28,31H,6-7,14-16H2,1-5H3/t21-,28-/m0/s1. The minimum absolute atomic E-state index is 0.0103. The molecule has 7 heteroatoms. The van der Waals surface area contributed by atoms with E-state index in [1.807, 2.05) is 55.6 Å². The number of methoxy groups -OCH3 is 2. The molecule has 0 aromatic heterocycles. The Morgan fingerprint density at radius 2 is 1.73 bits per heavy atom. The van der Waals surface area contributed by atoms with Crippen LogP contribution in [-0.2, 0) is 14.3 Å². The van der Waals surface area contributed by atoms with Crippen molar-refractivity contribution in [3.8, 4) is 11.5 Å². The van der Waals surface area contributed by atoms with E-state index in [9.17, 15) is 9.59 Å². The normalized spacial score (nSPS) is 19.3. The van der Waals surface area contributed by atoms with Crippen LogP contribution in [-0.4, -0.2) is 38.8 Å². The second-order valence-corrected chi connectivity index (χ2v) is 10.3. The predicted molar refractivity (Wildman–Crippen MR) is 146 cm³/mol. The molecular weight excluding hydrogens is 486 g/mol. The lowest BCUT2D eigenvalue weighted by atomic mass is 9.71. The Balaban J connectivity index is 1.73. The molecule has 6 nitrogen and oxygen atoms in total. The topological polar surface area (TPSA) is 73.9 Å². The number of Topliss-reactive ketones (excluding diaryl/α,β-unsaturated/α-hetero) is 1. The van der Waals surface area contributed by atoms with Gasteiger partial charge in [-0.1, -0.05) is 31.5 Å². The van der Waals surface area contributed by atoms with Crippen LogP contribution >= 0.6 is 11.8 Å². The van der Waals surface area contributed by atoms with Crippen LogP contribution in [0.1, 0.15) is 62.5 Å². The smallest absolute Gasteiger partial charge is 0.336 e. The molecule has 2 aromatic carbocycles. The summed E-state index contributed by atoms with van der Waals surface area (Å²) in [5, 5.41) is 3.42. The predicted octanol–water partition coefficient (Wildman–Crippen LogP) is 6.13. The van der Waals surface area contributed by atoms with Gasteiger partial charge in [0.1, 0.15) is 0 Å². The summed E-state index contributed by atoms with van der Waals surface area (Å²) < 4.78 is 16.5. The Bertz CT molecular complexity index is 1230. The highest BCUT2D eigenvalue weighted by molar-refractivity contribution is 7.98. The summed E-state index contributed by atoms with van der Waals surface area (Å²) in [5.74, 6) is 0.508. The minimum atomic E-state index is -0.458. The van der Waals surface area contributed by atoms with Gasteiger partial charge in [-0.05, 0) is 67.3 Å². The Kier molecular flexibility index (Phi) is 8.64. The third-order valence-corrected chi connectivity index (χ3v) is 7.85. The van der Waals surface area contributed by atoms with Crippen LogP contribution in [0.3, 0.4) is 0 Å². The van der Waals surface area contributed by atoms with Gasteiger partial charge in [0, 0.05) is 34.2 Å². The molecule has 0 spiro atoms.